The van der Waals surface area contributed by atoms with Crippen LogP contribution in [0.2, 0.25) is 0 Å². The van der Waals surface area contributed by atoms with Crippen molar-refractivity contribution < 1.29 is 22.3 Å². The SMILES string of the molecule is NCCC=Cc1ccc(OC(F)(F)F)c(F)c1. The topological polar surface area (TPSA) is 35.2 Å². The van der Waals surface area contributed by atoms with Crippen LogP contribution in [0.3, 0.4) is 0 Å². The molecule has 0 aliphatic rings. The molecule has 94 valence electrons. The Kier molecular flexibility index (Phi) is 4.51. The van der Waals surface area contributed by atoms with Crippen molar-refractivity contribution >= 4 is 6.08 Å². The summed E-state index contributed by atoms with van der Waals surface area (Å²) in [5.41, 5.74) is 5.70. The number of hydrogen-bond acceptors (Lipinski definition) is 2. The summed E-state index contributed by atoms with van der Waals surface area (Å²) in [4.78, 5) is 0. The minimum absolute atomic E-state index is 0.450. The molecule has 0 saturated carbocycles. The van der Waals surface area contributed by atoms with E-state index in [0.29, 0.717) is 18.5 Å². The van der Waals surface area contributed by atoms with E-state index in [0.717, 1.165) is 12.1 Å². The van der Waals surface area contributed by atoms with Crippen LogP contribution in [0.5, 0.6) is 5.75 Å². The van der Waals surface area contributed by atoms with Crippen LogP contribution in [-0.2, 0) is 0 Å². The summed E-state index contributed by atoms with van der Waals surface area (Å²) in [5, 5.41) is 0. The van der Waals surface area contributed by atoms with Gasteiger partial charge in [-0.05, 0) is 30.7 Å². The molecule has 1 rings (SSSR count). The fourth-order valence-electron chi connectivity index (χ4n) is 1.14. The average molecular weight is 249 g/mol. The minimum atomic E-state index is -4.89. The lowest BCUT2D eigenvalue weighted by atomic mass is 10.2. The highest BCUT2D eigenvalue weighted by Gasteiger charge is 2.32. The summed E-state index contributed by atoms with van der Waals surface area (Å²) in [6.45, 7) is 0.453. The van der Waals surface area contributed by atoms with E-state index in [-0.39, 0.29) is 0 Å². The summed E-state index contributed by atoms with van der Waals surface area (Å²) < 4.78 is 52.3. The van der Waals surface area contributed by atoms with E-state index < -0.39 is 17.9 Å². The van der Waals surface area contributed by atoms with Gasteiger partial charge in [-0.15, -0.1) is 13.2 Å². The first-order chi connectivity index (χ1) is 7.92. The van der Waals surface area contributed by atoms with E-state index in [1.807, 2.05) is 0 Å². The summed E-state index contributed by atoms with van der Waals surface area (Å²) in [6.07, 6.45) is -0.994. The molecule has 0 unspecified atom stereocenters. The molecule has 2 nitrogen and oxygen atoms in total. The van der Waals surface area contributed by atoms with Crippen LogP contribution in [-0.4, -0.2) is 12.9 Å². The number of benzene rings is 1. The summed E-state index contributed by atoms with van der Waals surface area (Å²) in [6, 6.07) is 3.23. The number of nitrogens with two attached hydrogens (primary N) is 1. The van der Waals surface area contributed by atoms with Gasteiger partial charge in [0.15, 0.2) is 11.6 Å². The Labute approximate surface area is 95.7 Å². The Morgan fingerprint density at radius 3 is 2.53 bits per heavy atom. The van der Waals surface area contributed by atoms with E-state index in [1.54, 1.807) is 12.2 Å². The molecular formula is C11H11F4NO. The van der Waals surface area contributed by atoms with E-state index in [9.17, 15) is 17.6 Å². The monoisotopic (exact) mass is 249 g/mol. The lowest BCUT2D eigenvalue weighted by Gasteiger charge is -2.09. The zero-order chi connectivity index (χ0) is 12.9. The molecule has 0 amide bonds. The van der Waals surface area contributed by atoms with Crippen LogP contribution in [0.15, 0.2) is 24.3 Å². The Balaban J connectivity index is 2.79. The van der Waals surface area contributed by atoms with Crippen molar-refractivity contribution in [3.05, 3.63) is 35.7 Å². The molecule has 0 fully saturated rings. The Hall–Kier alpha value is -1.56. The van der Waals surface area contributed by atoms with Gasteiger partial charge in [-0.25, -0.2) is 4.39 Å². The normalized spacial score (nSPS) is 12.1. The first-order valence-corrected chi connectivity index (χ1v) is 4.84. The van der Waals surface area contributed by atoms with Gasteiger partial charge in [0, 0.05) is 0 Å². The van der Waals surface area contributed by atoms with Gasteiger partial charge < -0.3 is 10.5 Å². The minimum Gasteiger partial charge on any atom is -0.403 e. The second-order valence-corrected chi connectivity index (χ2v) is 3.22. The third-order valence-electron chi connectivity index (χ3n) is 1.83. The molecule has 17 heavy (non-hydrogen) atoms. The third-order valence-corrected chi connectivity index (χ3v) is 1.83. The second-order valence-electron chi connectivity index (χ2n) is 3.22. The molecule has 0 radical (unpaired) electrons. The summed E-state index contributed by atoms with van der Waals surface area (Å²) in [5.74, 6) is -1.90. The van der Waals surface area contributed by atoms with Crippen molar-refractivity contribution in [2.45, 2.75) is 12.8 Å². The van der Waals surface area contributed by atoms with Gasteiger partial charge in [0.25, 0.3) is 0 Å². The van der Waals surface area contributed by atoms with Gasteiger partial charge in [-0.3, -0.25) is 0 Å². The van der Waals surface area contributed by atoms with Gasteiger partial charge in [0.05, 0.1) is 0 Å². The maximum atomic E-state index is 13.2. The summed E-state index contributed by atoms with van der Waals surface area (Å²) in [7, 11) is 0. The second kappa shape index (κ2) is 5.67. The van der Waals surface area contributed by atoms with Crippen molar-refractivity contribution in [1.29, 1.82) is 0 Å². The largest absolute Gasteiger partial charge is 0.573 e. The number of alkyl halides is 3. The van der Waals surface area contributed by atoms with Crippen LogP contribution in [0.1, 0.15) is 12.0 Å². The van der Waals surface area contributed by atoms with Gasteiger partial charge in [0.1, 0.15) is 0 Å². The maximum Gasteiger partial charge on any atom is 0.573 e. The molecular weight excluding hydrogens is 238 g/mol. The number of rotatable bonds is 4. The Morgan fingerprint density at radius 2 is 2.00 bits per heavy atom. The van der Waals surface area contributed by atoms with E-state index in [4.69, 9.17) is 5.73 Å². The highest BCUT2D eigenvalue weighted by atomic mass is 19.4. The van der Waals surface area contributed by atoms with Gasteiger partial charge >= 0.3 is 6.36 Å². The number of halogens is 4. The van der Waals surface area contributed by atoms with Crippen molar-refractivity contribution in [1.82, 2.24) is 0 Å². The fourth-order valence-corrected chi connectivity index (χ4v) is 1.14. The highest BCUT2D eigenvalue weighted by molar-refractivity contribution is 5.51. The third kappa shape index (κ3) is 4.86. The molecule has 0 bridgehead atoms. The number of hydrogen-bond donors (Lipinski definition) is 1. The maximum absolute atomic E-state index is 13.2. The smallest absolute Gasteiger partial charge is 0.403 e. The molecule has 0 aliphatic carbocycles. The molecule has 0 saturated heterocycles. The predicted molar refractivity (Wildman–Crippen MR) is 55.8 cm³/mol. The molecule has 0 heterocycles. The van der Waals surface area contributed by atoms with Crippen LogP contribution >= 0.6 is 0 Å². The van der Waals surface area contributed by atoms with Crippen LogP contribution in [0.4, 0.5) is 17.6 Å². The molecule has 2 N–H and O–H groups in total. The first-order valence-electron chi connectivity index (χ1n) is 4.84. The van der Waals surface area contributed by atoms with Crippen LogP contribution in [0.25, 0.3) is 6.08 Å². The first kappa shape index (κ1) is 13.5. The zero-order valence-corrected chi connectivity index (χ0v) is 8.80. The van der Waals surface area contributed by atoms with E-state index in [2.05, 4.69) is 4.74 Å². The average Bonchev–Trinajstić information content (AvgIpc) is 2.21. The lowest BCUT2D eigenvalue weighted by molar-refractivity contribution is -0.275. The quantitative estimate of drug-likeness (QED) is 0.832. The molecule has 6 heteroatoms. The Morgan fingerprint density at radius 1 is 1.29 bits per heavy atom. The van der Waals surface area contributed by atoms with Crippen molar-refractivity contribution in [3.8, 4) is 5.75 Å². The van der Waals surface area contributed by atoms with Crippen molar-refractivity contribution in [2.75, 3.05) is 6.54 Å². The molecule has 1 aromatic carbocycles. The molecule has 0 atom stereocenters. The predicted octanol–water partition coefficient (Wildman–Crippen LogP) is 3.09. The van der Waals surface area contributed by atoms with Crippen molar-refractivity contribution in [3.63, 3.8) is 0 Å². The molecule has 1 aromatic rings. The highest BCUT2D eigenvalue weighted by Crippen LogP contribution is 2.26. The van der Waals surface area contributed by atoms with Crippen LogP contribution in [0, 0.1) is 5.82 Å². The lowest BCUT2D eigenvalue weighted by Crippen LogP contribution is -2.17. The molecule has 0 spiro atoms. The Bertz CT molecular complexity index is 401. The molecule has 0 aromatic heterocycles. The van der Waals surface area contributed by atoms with Crippen LogP contribution < -0.4 is 10.5 Å². The van der Waals surface area contributed by atoms with E-state index in [1.165, 1.54) is 6.07 Å². The summed E-state index contributed by atoms with van der Waals surface area (Å²) >= 11 is 0. The molecule has 0 aliphatic heterocycles. The van der Waals surface area contributed by atoms with Gasteiger partial charge in [-0.1, -0.05) is 18.2 Å². The van der Waals surface area contributed by atoms with Gasteiger partial charge in [-0.2, -0.15) is 0 Å². The fraction of sp³-hybridized carbons (Fsp3) is 0.273. The van der Waals surface area contributed by atoms with Gasteiger partial charge in [0.2, 0.25) is 0 Å². The van der Waals surface area contributed by atoms with Crippen molar-refractivity contribution in [2.24, 2.45) is 5.73 Å². The van der Waals surface area contributed by atoms with E-state index >= 15 is 0 Å². The zero-order valence-electron chi connectivity index (χ0n) is 8.80. The standard InChI is InChI=1S/C11H11F4NO/c12-9-7-8(3-1-2-6-16)4-5-10(9)17-11(13,14)15/h1,3-5,7H,2,6,16H2. The number of ether oxygens (including phenoxy) is 1.